The standard InChI is InChI=1S/C11H15N3O/c1-13(2)7-4-5-8-9(6-7)14(3)11(15)10(8)12/h4-6,10H,12H2,1-3H3/t10-/m0/s1. The van der Waals surface area contributed by atoms with Gasteiger partial charge in [-0.15, -0.1) is 0 Å². The Balaban J connectivity index is 2.51. The highest BCUT2D eigenvalue weighted by molar-refractivity contribution is 6.04. The summed E-state index contributed by atoms with van der Waals surface area (Å²) in [5.41, 5.74) is 8.70. The van der Waals surface area contributed by atoms with Crippen molar-refractivity contribution >= 4 is 17.3 Å². The molecule has 1 atom stereocenters. The maximum Gasteiger partial charge on any atom is 0.248 e. The first-order chi connectivity index (χ1) is 7.02. The van der Waals surface area contributed by atoms with Gasteiger partial charge in [0.15, 0.2) is 0 Å². The Hall–Kier alpha value is -1.55. The molecule has 0 aromatic heterocycles. The first kappa shape index (κ1) is 9.98. The fourth-order valence-corrected chi connectivity index (χ4v) is 1.82. The summed E-state index contributed by atoms with van der Waals surface area (Å²) in [6.45, 7) is 0. The van der Waals surface area contributed by atoms with Gasteiger partial charge in [0.2, 0.25) is 5.91 Å². The number of nitrogens with zero attached hydrogens (tertiary/aromatic N) is 2. The van der Waals surface area contributed by atoms with Crippen LogP contribution in [0.3, 0.4) is 0 Å². The van der Waals surface area contributed by atoms with Gasteiger partial charge in [0.25, 0.3) is 0 Å². The molecule has 4 nitrogen and oxygen atoms in total. The topological polar surface area (TPSA) is 49.6 Å². The van der Waals surface area contributed by atoms with Crippen LogP contribution in [0.4, 0.5) is 11.4 Å². The van der Waals surface area contributed by atoms with Gasteiger partial charge in [0.05, 0.1) is 5.69 Å². The van der Waals surface area contributed by atoms with E-state index in [-0.39, 0.29) is 5.91 Å². The molecule has 2 rings (SSSR count). The van der Waals surface area contributed by atoms with E-state index in [0.717, 1.165) is 16.9 Å². The third kappa shape index (κ3) is 1.37. The zero-order valence-corrected chi connectivity index (χ0v) is 9.19. The number of amides is 1. The summed E-state index contributed by atoms with van der Waals surface area (Å²) in [5.74, 6) is -0.0408. The third-order valence-corrected chi connectivity index (χ3v) is 2.82. The van der Waals surface area contributed by atoms with E-state index in [2.05, 4.69) is 0 Å². The van der Waals surface area contributed by atoms with Crippen LogP contribution in [0, 0.1) is 0 Å². The van der Waals surface area contributed by atoms with Crippen molar-refractivity contribution in [1.29, 1.82) is 0 Å². The zero-order chi connectivity index (χ0) is 11.2. The Morgan fingerprint density at radius 3 is 2.67 bits per heavy atom. The number of carbonyl (C=O) groups is 1. The molecule has 1 aromatic carbocycles. The zero-order valence-electron chi connectivity index (χ0n) is 9.19. The summed E-state index contributed by atoms with van der Waals surface area (Å²) in [6, 6.07) is 5.39. The van der Waals surface area contributed by atoms with E-state index in [1.165, 1.54) is 0 Å². The minimum Gasteiger partial charge on any atom is -0.378 e. The van der Waals surface area contributed by atoms with E-state index in [0.29, 0.717) is 0 Å². The second-order valence-corrected chi connectivity index (χ2v) is 4.01. The Bertz CT molecular complexity index is 414. The second kappa shape index (κ2) is 3.24. The van der Waals surface area contributed by atoms with Crippen molar-refractivity contribution in [2.75, 3.05) is 30.9 Å². The molecule has 0 aliphatic carbocycles. The maximum absolute atomic E-state index is 11.6. The lowest BCUT2D eigenvalue weighted by molar-refractivity contribution is -0.118. The molecule has 0 bridgehead atoms. The maximum atomic E-state index is 11.6. The Morgan fingerprint density at radius 1 is 1.40 bits per heavy atom. The largest absolute Gasteiger partial charge is 0.378 e. The van der Waals surface area contributed by atoms with Crippen LogP contribution in [-0.2, 0) is 4.79 Å². The lowest BCUT2D eigenvalue weighted by Gasteiger charge is -2.16. The van der Waals surface area contributed by atoms with Gasteiger partial charge in [-0.05, 0) is 12.1 Å². The smallest absolute Gasteiger partial charge is 0.248 e. The number of carbonyl (C=O) groups excluding carboxylic acids is 1. The molecule has 1 aliphatic rings. The van der Waals surface area contributed by atoms with Crippen molar-refractivity contribution in [3.8, 4) is 0 Å². The minimum absolute atomic E-state index is 0.0408. The molecule has 1 heterocycles. The predicted octanol–water partition coefficient (Wildman–Crippen LogP) is 0.729. The van der Waals surface area contributed by atoms with Crippen LogP contribution in [0.5, 0.6) is 0 Å². The van der Waals surface area contributed by atoms with Gasteiger partial charge in [0, 0.05) is 32.4 Å². The van der Waals surface area contributed by atoms with E-state index in [1.807, 2.05) is 37.2 Å². The van der Waals surface area contributed by atoms with Crippen LogP contribution in [0.1, 0.15) is 11.6 Å². The molecule has 0 saturated heterocycles. The van der Waals surface area contributed by atoms with Gasteiger partial charge in [-0.1, -0.05) is 6.07 Å². The van der Waals surface area contributed by atoms with Gasteiger partial charge < -0.3 is 15.5 Å². The quantitative estimate of drug-likeness (QED) is 0.735. The van der Waals surface area contributed by atoms with Crippen LogP contribution in [-0.4, -0.2) is 27.1 Å². The Morgan fingerprint density at radius 2 is 2.07 bits per heavy atom. The van der Waals surface area contributed by atoms with Crippen LogP contribution >= 0.6 is 0 Å². The van der Waals surface area contributed by atoms with Crippen LogP contribution < -0.4 is 15.5 Å². The van der Waals surface area contributed by atoms with Crippen LogP contribution in [0.2, 0.25) is 0 Å². The van der Waals surface area contributed by atoms with Crippen LogP contribution in [0.15, 0.2) is 18.2 Å². The molecule has 80 valence electrons. The van der Waals surface area contributed by atoms with Gasteiger partial charge in [-0.3, -0.25) is 4.79 Å². The average Bonchev–Trinajstić information content (AvgIpc) is 2.44. The number of anilines is 2. The van der Waals surface area contributed by atoms with Gasteiger partial charge in [0.1, 0.15) is 6.04 Å². The molecular weight excluding hydrogens is 190 g/mol. The second-order valence-electron chi connectivity index (χ2n) is 4.01. The van der Waals surface area contributed by atoms with Crippen molar-refractivity contribution in [3.63, 3.8) is 0 Å². The number of rotatable bonds is 1. The number of likely N-dealkylation sites (N-methyl/N-ethyl adjacent to an activating group) is 1. The fourth-order valence-electron chi connectivity index (χ4n) is 1.82. The fraction of sp³-hybridized carbons (Fsp3) is 0.364. The van der Waals surface area contributed by atoms with E-state index < -0.39 is 6.04 Å². The summed E-state index contributed by atoms with van der Waals surface area (Å²) in [5, 5.41) is 0. The monoisotopic (exact) mass is 205 g/mol. The van der Waals surface area contributed by atoms with Crippen molar-refractivity contribution in [1.82, 2.24) is 0 Å². The lowest BCUT2D eigenvalue weighted by atomic mass is 10.1. The number of hydrogen-bond acceptors (Lipinski definition) is 3. The molecule has 1 aliphatic heterocycles. The molecule has 4 heteroatoms. The number of benzene rings is 1. The van der Waals surface area contributed by atoms with Gasteiger partial charge in [-0.25, -0.2) is 0 Å². The average molecular weight is 205 g/mol. The van der Waals surface area contributed by atoms with E-state index in [9.17, 15) is 4.79 Å². The number of hydrogen-bond donors (Lipinski definition) is 1. The summed E-state index contributed by atoms with van der Waals surface area (Å²) in [6.07, 6.45) is 0. The SMILES string of the molecule is CN(C)c1ccc2c(c1)N(C)C(=O)[C@H]2N. The van der Waals surface area contributed by atoms with Crippen molar-refractivity contribution < 1.29 is 4.79 Å². The molecule has 0 unspecified atom stereocenters. The first-order valence-corrected chi connectivity index (χ1v) is 4.87. The van der Waals surface area contributed by atoms with E-state index in [1.54, 1.807) is 11.9 Å². The summed E-state index contributed by atoms with van der Waals surface area (Å²) >= 11 is 0. The highest BCUT2D eigenvalue weighted by Crippen LogP contribution is 2.35. The third-order valence-electron chi connectivity index (χ3n) is 2.82. The number of nitrogens with two attached hydrogens (primary N) is 1. The van der Waals surface area contributed by atoms with E-state index >= 15 is 0 Å². The predicted molar refractivity (Wildman–Crippen MR) is 61.1 cm³/mol. The van der Waals surface area contributed by atoms with Crippen LogP contribution in [0.25, 0.3) is 0 Å². The molecule has 0 spiro atoms. The Kier molecular flexibility index (Phi) is 2.16. The van der Waals surface area contributed by atoms with Crippen molar-refractivity contribution in [2.24, 2.45) is 5.73 Å². The molecule has 1 amide bonds. The van der Waals surface area contributed by atoms with Gasteiger partial charge in [-0.2, -0.15) is 0 Å². The lowest BCUT2D eigenvalue weighted by Crippen LogP contribution is -2.27. The molecule has 0 fully saturated rings. The molecule has 0 radical (unpaired) electrons. The summed E-state index contributed by atoms with van der Waals surface area (Å²) < 4.78 is 0. The first-order valence-electron chi connectivity index (χ1n) is 4.87. The van der Waals surface area contributed by atoms with Gasteiger partial charge >= 0.3 is 0 Å². The number of fused-ring (bicyclic) bond motifs is 1. The summed E-state index contributed by atoms with van der Waals surface area (Å²) in [4.78, 5) is 15.3. The molecule has 2 N–H and O–H groups in total. The summed E-state index contributed by atoms with van der Waals surface area (Å²) in [7, 11) is 5.70. The molecule has 0 saturated carbocycles. The highest BCUT2D eigenvalue weighted by Gasteiger charge is 2.32. The molecular formula is C11H15N3O. The van der Waals surface area contributed by atoms with Crippen molar-refractivity contribution in [3.05, 3.63) is 23.8 Å². The van der Waals surface area contributed by atoms with E-state index in [4.69, 9.17) is 5.73 Å². The normalized spacial score (nSPS) is 19.3. The minimum atomic E-state index is -0.499. The van der Waals surface area contributed by atoms with Crippen molar-refractivity contribution in [2.45, 2.75) is 6.04 Å². The molecule has 15 heavy (non-hydrogen) atoms. The highest BCUT2D eigenvalue weighted by atomic mass is 16.2. The molecule has 1 aromatic rings. The Labute approximate surface area is 89.3 Å².